The number of carbonyl (C=O) groups excluding carboxylic acids is 2. The third kappa shape index (κ3) is 2.52. The number of esters is 1. The number of ether oxygens (including phenoxy) is 5. The minimum atomic E-state index is -0.707. The molecule has 0 saturated carbocycles. The van der Waals surface area contributed by atoms with Crippen LogP contribution in [0.15, 0.2) is 24.3 Å². The molecule has 0 fully saturated rings. The van der Waals surface area contributed by atoms with Gasteiger partial charge in [0.2, 0.25) is 6.79 Å². The molecule has 2 aromatic carbocycles. The lowest BCUT2D eigenvalue weighted by molar-refractivity contribution is -0.144. The van der Waals surface area contributed by atoms with Crippen molar-refractivity contribution >= 4 is 11.9 Å². The molecular formula is C22H21NO7. The highest BCUT2D eigenvalue weighted by molar-refractivity contribution is 6.01. The molecule has 0 spiro atoms. The molecule has 3 aliphatic rings. The zero-order valence-electron chi connectivity index (χ0n) is 16.9. The van der Waals surface area contributed by atoms with E-state index in [-0.39, 0.29) is 12.7 Å². The number of benzene rings is 2. The molecule has 8 nitrogen and oxygen atoms in total. The van der Waals surface area contributed by atoms with Crippen molar-refractivity contribution in [1.82, 2.24) is 4.90 Å². The smallest absolute Gasteiger partial charge is 0.315 e. The standard InChI is InChI=1S/C22H21NO7/c1-26-15-8-13-14(9-16(15)27-2)21(24)23-5-4-11-6-17-18(30-10-29-17)7-12(11)20(23)19(13)22(25)28-3/h6-9,19-20H,4-5,10H2,1-3H3. The fraction of sp³-hybridized carbons (Fsp3) is 0.364. The van der Waals surface area contributed by atoms with E-state index < -0.39 is 17.9 Å². The summed E-state index contributed by atoms with van der Waals surface area (Å²) in [6.45, 7) is 0.642. The van der Waals surface area contributed by atoms with Crippen molar-refractivity contribution in [2.45, 2.75) is 18.4 Å². The van der Waals surface area contributed by atoms with E-state index in [0.717, 1.165) is 11.1 Å². The van der Waals surface area contributed by atoms with Crippen LogP contribution in [0.3, 0.4) is 0 Å². The van der Waals surface area contributed by atoms with Gasteiger partial charge in [0.05, 0.1) is 27.4 Å². The van der Waals surface area contributed by atoms with Crippen molar-refractivity contribution in [2.75, 3.05) is 34.7 Å². The number of rotatable bonds is 3. The molecule has 0 radical (unpaired) electrons. The number of fused-ring (bicyclic) bond motifs is 5. The molecule has 0 N–H and O–H groups in total. The summed E-state index contributed by atoms with van der Waals surface area (Å²) in [5.74, 6) is 0.911. The molecule has 0 aliphatic carbocycles. The first-order chi connectivity index (χ1) is 14.6. The van der Waals surface area contributed by atoms with E-state index in [1.165, 1.54) is 21.3 Å². The molecule has 2 aromatic rings. The van der Waals surface area contributed by atoms with Crippen molar-refractivity contribution in [1.29, 1.82) is 0 Å². The third-order valence-corrected chi connectivity index (χ3v) is 6.06. The van der Waals surface area contributed by atoms with Gasteiger partial charge in [0.25, 0.3) is 5.91 Å². The van der Waals surface area contributed by atoms with Gasteiger partial charge in [-0.15, -0.1) is 0 Å². The summed E-state index contributed by atoms with van der Waals surface area (Å²) in [4.78, 5) is 28.2. The monoisotopic (exact) mass is 411 g/mol. The number of hydrogen-bond donors (Lipinski definition) is 0. The highest BCUT2D eigenvalue weighted by atomic mass is 16.7. The predicted octanol–water partition coefficient (Wildman–Crippen LogP) is 2.44. The van der Waals surface area contributed by atoms with Gasteiger partial charge < -0.3 is 28.6 Å². The number of amides is 1. The summed E-state index contributed by atoms with van der Waals surface area (Å²) in [5.41, 5.74) is 2.89. The second kappa shape index (κ2) is 6.83. The number of hydrogen-bond acceptors (Lipinski definition) is 7. The maximum Gasteiger partial charge on any atom is 0.315 e. The van der Waals surface area contributed by atoms with E-state index in [1.54, 1.807) is 17.0 Å². The first kappa shape index (κ1) is 18.6. The Morgan fingerprint density at radius 3 is 2.40 bits per heavy atom. The predicted molar refractivity (Wildman–Crippen MR) is 104 cm³/mol. The van der Waals surface area contributed by atoms with Gasteiger partial charge in [-0.2, -0.15) is 0 Å². The molecule has 3 heterocycles. The van der Waals surface area contributed by atoms with Gasteiger partial charge in [-0.3, -0.25) is 9.59 Å². The van der Waals surface area contributed by atoms with Gasteiger partial charge in [0.1, 0.15) is 5.92 Å². The maximum atomic E-state index is 13.4. The number of carbonyl (C=O) groups is 2. The Balaban J connectivity index is 1.73. The molecule has 0 saturated heterocycles. The zero-order chi connectivity index (χ0) is 21.0. The Morgan fingerprint density at radius 2 is 1.70 bits per heavy atom. The molecule has 2 unspecified atom stereocenters. The topological polar surface area (TPSA) is 83.5 Å². The lowest BCUT2D eigenvalue weighted by Crippen LogP contribution is -2.48. The fourth-order valence-electron chi connectivity index (χ4n) is 4.67. The molecule has 5 rings (SSSR count). The lowest BCUT2D eigenvalue weighted by atomic mass is 9.76. The van der Waals surface area contributed by atoms with Crippen LogP contribution in [0.2, 0.25) is 0 Å². The van der Waals surface area contributed by atoms with Crippen molar-refractivity contribution in [3.8, 4) is 23.0 Å². The van der Waals surface area contributed by atoms with Crippen LogP contribution in [0, 0.1) is 0 Å². The quantitative estimate of drug-likeness (QED) is 0.718. The molecule has 156 valence electrons. The Kier molecular flexibility index (Phi) is 4.23. The van der Waals surface area contributed by atoms with Gasteiger partial charge in [0.15, 0.2) is 23.0 Å². The molecule has 8 heteroatoms. The van der Waals surface area contributed by atoms with Crippen molar-refractivity contribution in [3.05, 3.63) is 46.5 Å². The van der Waals surface area contributed by atoms with Crippen molar-refractivity contribution in [2.24, 2.45) is 0 Å². The van der Waals surface area contributed by atoms with E-state index in [0.29, 0.717) is 47.1 Å². The van der Waals surface area contributed by atoms with Gasteiger partial charge in [-0.05, 0) is 47.4 Å². The summed E-state index contributed by atoms with van der Waals surface area (Å²) >= 11 is 0. The molecule has 0 aromatic heterocycles. The minimum absolute atomic E-state index is 0.153. The average Bonchev–Trinajstić information content (AvgIpc) is 3.23. The van der Waals surface area contributed by atoms with E-state index in [4.69, 9.17) is 23.7 Å². The Bertz CT molecular complexity index is 1060. The SMILES string of the molecule is COC(=O)C1c2cc(OC)c(OC)cc2C(=O)N2CCc3cc4c(cc3C12)OCO4. The van der Waals surface area contributed by atoms with Crippen LogP contribution in [0.25, 0.3) is 0 Å². The maximum absolute atomic E-state index is 13.4. The molecular weight excluding hydrogens is 390 g/mol. The third-order valence-electron chi connectivity index (χ3n) is 6.06. The van der Waals surface area contributed by atoms with E-state index >= 15 is 0 Å². The van der Waals surface area contributed by atoms with Gasteiger partial charge in [-0.1, -0.05) is 0 Å². The minimum Gasteiger partial charge on any atom is -0.493 e. The highest BCUT2D eigenvalue weighted by Crippen LogP contribution is 2.50. The van der Waals surface area contributed by atoms with Gasteiger partial charge >= 0.3 is 5.97 Å². The van der Waals surface area contributed by atoms with Crippen LogP contribution in [0.5, 0.6) is 23.0 Å². The summed E-state index contributed by atoms with van der Waals surface area (Å²) in [7, 11) is 4.38. The van der Waals surface area contributed by atoms with Gasteiger partial charge in [0, 0.05) is 12.1 Å². The Labute approximate surface area is 173 Å². The highest BCUT2D eigenvalue weighted by Gasteiger charge is 2.48. The summed E-state index contributed by atoms with van der Waals surface area (Å²) < 4.78 is 27.0. The van der Waals surface area contributed by atoms with E-state index in [9.17, 15) is 9.59 Å². The van der Waals surface area contributed by atoms with Gasteiger partial charge in [-0.25, -0.2) is 0 Å². The molecule has 2 atom stereocenters. The fourth-order valence-corrected chi connectivity index (χ4v) is 4.67. The van der Waals surface area contributed by atoms with Crippen LogP contribution >= 0.6 is 0 Å². The van der Waals surface area contributed by atoms with Crippen LogP contribution in [0.1, 0.15) is 39.0 Å². The van der Waals surface area contributed by atoms with Crippen LogP contribution in [-0.2, 0) is 16.0 Å². The van der Waals surface area contributed by atoms with E-state index in [1.807, 2.05) is 12.1 Å². The van der Waals surface area contributed by atoms with E-state index in [2.05, 4.69) is 0 Å². The number of nitrogens with zero attached hydrogens (tertiary/aromatic N) is 1. The second-order valence-corrected chi connectivity index (χ2v) is 7.39. The lowest BCUT2D eigenvalue weighted by Gasteiger charge is -2.44. The normalized spacial score (nSPS) is 20.8. The van der Waals surface area contributed by atoms with Crippen LogP contribution < -0.4 is 18.9 Å². The molecule has 30 heavy (non-hydrogen) atoms. The Hall–Kier alpha value is -3.42. The molecule has 0 bridgehead atoms. The Morgan fingerprint density at radius 1 is 1.00 bits per heavy atom. The second-order valence-electron chi connectivity index (χ2n) is 7.39. The number of methoxy groups -OCH3 is 3. The van der Waals surface area contributed by atoms with Crippen LogP contribution in [-0.4, -0.2) is 51.4 Å². The molecule has 3 aliphatic heterocycles. The zero-order valence-corrected chi connectivity index (χ0v) is 16.9. The first-order valence-corrected chi connectivity index (χ1v) is 9.64. The summed E-state index contributed by atoms with van der Waals surface area (Å²) in [6.07, 6.45) is 0.657. The molecule has 1 amide bonds. The van der Waals surface area contributed by atoms with Crippen molar-refractivity contribution < 1.29 is 33.3 Å². The average molecular weight is 411 g/mol. The summed E-state index contributed by atoms with van der Waals surface area (Å²) in [5, 5.41) is 0. The summed E-state index contributed by atoms with van der Waals surface area (Å²) in [6, 6.07) is 6.65. The first-order valence-electron chi connectivity index (χ1n) is 9.64. The largest absolute Gasteiger partial charge is 0.493 e. The van der Waals surface area contributed by atoms with Crippen LogP contribution in [0.4, 0.5) is 0 Å². The van der Waals surface area contributed by atoms with Crippen molar-refractivity contribution in [3.63, 3.8) is 0 Å².